The highest BCUT2D eigenvalue weighted by Gasteiger charge is 2.23. The van der Waals surface area contributed by atoms with Crippen molar-refractivity contribution in [3.63, 3.8) is 0 Å². The van der Waals surface area contributed by atoms with Crippen molar-refractivity contribution in [2.75, 3.05) is 33.2 Å². The number of nitrogens with zero attached hydrogens (tertiary/aromatic N) is 1. The topological polar surface area (TPSA) is 53.9 Å². The van der Waals surface area contributed by atoms with Crippen LogP contribution in [0.3, 0.4) is 0 Å². The Labute approximate surface area is 145 Å². The molecular formula is C19H30N3O2+. The van der Waals surface area contributed by atoms with E-state index in [1.807, 2.05) is 27.0 Å². The second-order valence-electron chi connectivity index (χ2n) is 6.59. The van der Waals surface area contributed by atoms with Crippen LogP contribution in [0.15, 0.2) is 24.3 Å². The van der Waals surface area contributed by atoms with E-state index in [9.17, 15) is 9.59 Å². The number of fused-ring (bicyclic) bond motifs is 1. The first-order valence-electron chi connectivity index (χ1n) is 9.01. The molecule has 0 radical (unpaired) electrons. The van der Waals surface area contributed by atoms with Crippen molar-refractivity contribution in [3.05, 3.63) is 35.4 Å². The number of aryl methyl sites for hydroxylation is 1. The molecule has 0 saturated heterocycles. The number of hydrogen-bond acceptors (Lipinski definition) is 2. The molecule has 0 spiro atoms. The van der Waals surface area contributed by atoms with Gasteiger partial charge in [-0.25, -0.2) is 0 Å². The average Bonchev–Trinajstić information content (AvgIpc) is 2.56. The molecule has 0 bridgehead atoms. The number of rotatable bonds is 7. The minimum atomic E-state index is 0.0153. The first-order valence-corrected chi connectivity index (χ1v) is 9.01. The van der Waals surface area contributed by atoms with E-state index in [2.05, 4.69) is 23.5 Å². The number of quaternary nitrogens is 1. The highest BCUT2D eigenvalue weighted by Crippen LogP contribution is 2.29. The molecule has 1 unspecified atom stereocenters. The van der Waals surface area contributed by atoms with Crippen LogP contribution in [0, 0.1) is 0 Å². The number of hydrogen-bond donors (Lipinski definition) is 2. The second kappa shape index (κ2) is 8.83. The van der Waals surface area contributed by atoms with Gasteiger partial charge in [-0.3, -0.25) is 9.59 Å². The van der Waals surface area contributed by atoms with E-state index >= 15 is 0 Å². The molecule has 2 N–H and O–H groups in total. The van der Waals surface area contributed by atoms with Crippen LogP contribution in [-0.4, -0.2) is 49.9 Å². The summed E-state index contributed by atoms with van der Waals surface area (Å²) in [7, 11) is 1.90. The van der Waals surface area contributed by atoms with Crippen LogP contribution in [0.4, 0.5) is 0 Å². The molecule has 24 heavy (non-hydrogen) atoms. The molecule has 2 amide bonds. The van der Waals surface area contributed by atoms with E-state index in [4.69, 9.17) is 0 Å². The third-order valence-corrected chi connectivity index (χ3v) is 4.74. The van der Waals surface area contributed by atoms with E-state index in [0.29, 0.717) is 26.2 Å². The van der Waals surface area contributed by atoms with E-state index < -0.39 is 0 Å². The molecule has 132 valence electrons. The van der Waals surface area contributed by atoms with Crippen LogP contribution in [0.5, 0.6) is 0 Å². The van der Waals surface area contributed by atoms with Gasteiger partial charge in [0.15, 0.2) is 13.1 Å². The number of carbonyl (C=O) groups excluding carboxylic acids is 2. The molecular weight excluding hydrogens is 302 g/mol. The molecule has 5 heteroatoms. The van der Waals surface area contributed by atoms with Crippen molar-refractivity contribution in [2.45, 2.75) is 39.2 Å². The van der Waals surface area contributed by atoms with Gasteiger partial charge in [0.05, 0.1) is 13.1 Å². The van der Waals surface area contributed by atoms with Gasteiger partial charge in [0.2, 0.25) is 0 Å². The summed E-state index contributed by atoms with van der Waals surface area (Å²) in [6.07, 6.45) is 3.18. The fourth-order valence-corrected chi connectivity index (χ4v) is 3.43. The van der Waals surface area contributed by atoms with Crippen molar-refractivity contribution in [1.82, 2.24) is 10.2 Å². The lowest BCUT2D eigenvalue weighted by molar-refractivity contribution is -0.863. The first kappa shape index (κ1) is 18.5. The van der Waals surface area contributed by atoms with Gasteiger partial charge < -0.3 is 15.1 Å². The monoisotopic (exact) mass is 332 g/mol. The summed E-state index contributed by atoms with van der Waals surface area (Å²) in [5.74, 6) is 0.120. The van der Waals surface area contributed by atoms with Gasteiger partial charge in [-0.2, -0.15) is 0 Å². The molecule has 0 aliphatic heterocycles. The van der Waals surface area contributed by atoms with Gasteiger partial charge in [0.25, 0.3) is 11.8 Å². The van der Waals surface area contributed by atoms with Crippen molar-refractivity contribution >= 4 is 11.8 Å². The Balaban J connectivity index is 1.86. The molecule has 5 nitrogen and oxygen atoms in total. The van der Waals surface area contributed by atoms with Crippen molar-refractivity contribution < 1.29 is 14.5 Å². The van der Waals surface area contributed by atoms with E-state index in [-0.39, 0.29) is 17.9 Å². The summed E-state index contributed by atoms with van der Waals surface area (Å²) in [5.41, 5.74) is 2.58. The van der Waals surface area contributed by atoms with Crippen LogP contribution < -0.4 is 10.2 Å². The SMILES string of the molecule is CCN(CC)C(=O)C[NH+](C)CC(=O)N[C@H]1CCCc2ccccc21. The van der Waals surface area contributed by atoms with Crippen LogP contribution in [-0.2, 0) is 16.0 Å². The van der Waals surface area contributed by atoms with Gasteiger partial charge in [-0.1, -0.05) is 24.3 Å². The minimum absolute atomic E-state index is 0.0153. The summed E-state index contributed by atoms with van der Waals surface area (Å²) in [6, 6.07) is 8.45. The largest absolute Gasteiger partial charge is 0.344 e. The summed E-state index contributed by atoms with van der Waals surface area (Å²) in [6.45, 7) is 6.07. The molecule has 1 aliphatic carbocycles. The van der Waals surface area contributed by atoms with Crippen LogP contribution in [0.1, 0.15) is 43.9 Å². The third kappa shape index (κ3) is 4.81. The van der Waals surface area contributed by atoms with E-state index in [1.165, 1.54) is 11.1 Å². The molecule has 0 saturated carbocycles. The zero-order valence-electron chi connectivity index (χ0n) is 15.1. The van der Waals surface area contributed by atoms with Gasteiger partial charge in [-0.05, 0) is 44.2 Å². The molecule has 1 aromatic carbocycles. The minimum Gasteiger partial charge on any atom is -0.344 e. The summed E-state index contributed by atoms with van der Waals surface area (Å²) >= 11 is 0. The van der Waals surface area contributed by atoms with E-state index in [1.54, 1.807) is 4.90 Å². The average molecular weight is 332 g/mol. The molecule has 0 heterocycles. The quantitative estimate of drug-likeness (QED) is 0.767. The Bertz CT molecular complexity index is 569. The third-order valence-electron chi connectivity index (χ3n) is 4.74. The molecule has 1 aliphatic rings. The first-order chi connectivity index (χ1) is 11.5. The van der Waals surface area contributed by atoms with Crippen LogP contribution in [0.2, 0.25) is 0 Å². The van der Waals surface area contributed by atoms with E-state index in [0.717, 1.165) is 24.2 Å². The number of likely N-dealkylation sites (N-methyl/N-ethyl adjacent to an activating group) is 2. The normalized spacial score (nSPS) is 17.7. The van der Waals surface area contributed by atoms with Gasteiger partial charge in [-0.15, -0.1) is 0 Å². The maximum absolute atomic E-state index is 12.4. The lowest BCUT2D eigenvalue weighted by Crippen LogP contribution is -3.11. The van der Waals surface area contributed by atoms with Crippen molar-refractivity contribution in [1.29, 1.82) is 0 Å². The van der Waals surface area contributed by atoms with Crippen molar-refractivity contribution in [3.8, 4) is 0 Å². The predicted molar refractivity (Wildman–Crippen MR) is 94.8 cm³/mol. The van der Waals surface area contributed by atoms with Gasteiger partial charge >= 0.3 is 0 Å². The second-order valence-corrected chi connectivity index (χ2v) is 6.59. The Morgan fingerprint density at radius 2 is 1.92 bits per heavy atom. The Morgan fingerprint density at radius 3 is 2.62 bits per heavy atom. The highest BCUT2D eigenvalue weighted by atomic mass is 16.2. The summed E-state index contributed by atoms with van der Waals surface area (Å²) in [4.78, 5) is 27.2. The lowest BCUT2D eigenvalue weighted by Gasteiger charge is -2.27. The zero-order valence-corrected chi connectivity index (χ0v) is 15.1. The van der Waals surface area contributed by atoms with Crippen LogP contribution in [0.25, 0.3) is 0 Å². The summed E-state index contributed by atoms with van der Waals surface area (Å²) in [5, 5.41) is 3.15. The number of nitrogens with one attached hydrogen (secondary N) is 2. The lowest BCUT2D eigenvalue weighted by atomic mass is 9.88. The van der Waals surface area contributed by atoms with Gasteiger partial charge in [0.1, 0.15) is 0 Å². The van der Waals surface area contributed by atoms with Crippen molar-refractivity contribution in [2.24, 2.45) is 0 Å². The predicted octanol–water partition coefficient (Wildman–Crippen LogP) is 0.563. The Kier molecular flexibility index (Phi) is 6.79. The maximum atomic E-state index is 12.4. The Morgan fingerprint density at radius 1 is 1.21 bits per heavy atom. The fraction of sp³-hybridized carbons (Fsp3) is 0.579. The highest BCUT2D eigenvalue weighted by molar-refractivity contribution is 5.79. The smallest absolute Gasteiger partial charge is 0.277 e. The standard InChI is InChI=1S/C19H29N3O2/c1-4-22(5-2)19(24)14-21(3)13-18(23)20-17-12-8-10-15-9-6-7-11-16(15)17/h6-7,9,11,17H,4-5,8,10,12-14H2,1-3H3,(H,20,23)/p+1/t17-/m0/s1. The fourth-order valence-electron chi connectivity index (χ4n) is 3.43. The zero-order chi connectivity index (χ0) is 17.5. The molecule has 2 atom stereocenters. The molecule has 2 rings (SSSR count). The van der Waals surface area contributed by atoms with Crippen LogP contribution >= 0.6 is 0 Å². The maximum Gasteiger partial charge on any atom is 0.277 e. The summed E-state index contributed by atoms with van der Waals surface area (Å²) < 4.78 is 0. The van der Waals surface area contributed by atoms with Gasteiger partial charge in [0, 0.05) is 13.1 Å². The Hall–Kier alpha value is -1.88. The number of carbonyl (C=O) groups is 2. The number of benzene rings is 1. The number of amides is 2. The molecule has 0 aromatic heterocycles. The molecule has 1 aromatic rings. The molecule has 0 fully saturated rings.